The van der Waals surface area contributed by atoms with Gasteiger partial charge in [-0.15, -0.1) is 0 Å². The number of carbonyl (C=O) groups is 1. The molecule has 0 atom stereocenters. The van der Waals surface area contributed by atoms with Crippen molar-refractivity contribution in [3.8, 4) is 11.8 Å². The van der Waals surface area contributed by atoms with Crippen LogP contribution < -0.4 is 20.9 Å². The number of anilines is 1. The predicted molar refractivity (Wildman–Crippen MR) is 100 cm³/mol. The zero-order valence-electron chi connectivity index (χ0n) is 13.9. The molecule has 0 aromatic heterocycles. The summed E-state index contributed by atoms with van der Waals surface area (Å²) in [7, 11) is 0. The number of amides is 1. The highest BCUT2D eigenvalue weighted by molar-refractivity contribution is 7.80. The van der Waals surface area contributed by atoms with Gasteiger partial charge in [0.15, 0.2) is 11.7 Å². The number of hydrogen-bond donors (Lipinski definition) is 3. The second kappa shape index (κ2) is 8.66. The lowest BCUT2D eigenvalue weighted by molar-refractivity contribution is -0.123. The number of hydrazine groups is 1. The van der Waals surface area contributed by atoms with Crippen molar-refractivity contribution in [2.24, 2.45) is 0 Å². The number of ether oxygens (including phenoxy) is 1. The average molecular weight is 354 g/mol. The fourth-order valence-electron chi connectivity index (χ4n) is 2.01. The van der Waals surface area contributed by atoms with Gasteiger partial charge in [0.2, 0.25) is 0 Å². The van der Waals surface area contributed by atoms with Crippen LogP contribution in [-0.4, -0.2) is 17.6 Å². The summed E-state index contributed by atoms with van der Waals surface area (Å²) in [5.74, 6) is -0.0610. The molecule has 0 radical (unpaired) electrons. The molecule has 0 aliphatic carbocycles. The second-order valence-corrected chi connectivity index (χ2v) is 5.75. The van der Waals surface area contributed by atoms with Crippen molar-refractivity contribution in [2.75, 3.05) is 11.9 Å². The molecule has 0 bridgehead atoms. The minimum atomic E-state index is -0.419. The Morgan fingerprint density at radius 1 is 1.20 bits per heavy atom. The molecule has 0 fully saturated rings. The molecule has 25 heavy (non-hydrogen) atoms. The molecular formula is C18H18N4O2S. The van der Waals surface area contributed by atoms with Gasteiger partial charge in [0.25, 0.3) is 5.91 Å². The minimum absolute atomic E-state index is 0.238. The largest absolute Gasteiger partial charge is 0.482 e. The lowest BCUT2D eigenvalue weighted by Crippen LogP contribution is -2.45. The summed E-state index contributed by atoms with van der Waals surface area (Å²) in [6.45, 7) is 3.71. The number of benzene rings is 2. The average Bonchev–Trinajstić information content (AvgIpc) is 2.61. The van der Waals surface area contributed by atoms with Gasteiger partial charge in [-0.05, 0) is 55.4 Å². The summed E-state index contributed by atoms with van der Waals surface area (Å²) in [4.78, 5) is 11.8. The first kappa shape index (κ1) is 18.2. The van der Waals surface area contributed by atoms with Crippen LogP contribution in [0.1, 0.15) is 16.7 Å². The van der Waals surface area contributed by atoms with E-state index in [1.807, 2.05) is 38.1 Å². The van der Waals surface area contributed by atoms with E-state index in [0.29, 0.717) is 11.3 Å². The van der Waals surface area contributed by atoms with Crippen molar-refractivity contribution in [3.63, 3.8) is 0 Å². The number of nitrogens with one attached hydrogen (secondary N) is 3. The van der Waals surface area contributed by atoms with Crippen LogP contribution in [0.15, 0.2) is 42.5 Å². The SMILES string of the molecule is Cc1ccc(C)c(NC(=S)NNC(=O)COc2ccccc2C#N)c1. The van der Waals surface area contributed by atoms with E-state index in [-0.39, 0.29) is 11.7 Å². The van der Waals surface area contributed by atoms with Crippen molar-refractivity contribution in [1.82, 2.24) is 10.9 Å². The highest BCUT2D eigenvalue weighted by Crippen LogP contribution is 2.16. The molecule has 2 aromatic rings. The molecule has 2 aromatic carbocycles. The summed E-state index contributed by atoms with van der Waals surface area (Å²) in [6.07, 6.45) is 0. The zero-order valence-corrected chi connectivity index (χ0v) is 14.7. The van der Waals surface area contributed by atoms with Crippen LogP contribution in [0, 0.1) is 25.2 Å². The van der Waals surface area contributed by atoms with Crippen LogP contribution in [0.4, 0.5) is 5.69 Å². The molecule has 3 N–H and O–H groups in total. The van der Waals surface area contributed by atoms with Gasteiger partial charge in [0, 0.05) is 5.69 Å². The second-order valence-electron chi connectivity index (χ2n) is 5.34. The van der Waals surface area contributed by atoms with E-state index < -0.39 is 5.91 Å². The molecule has 0 aliphatic rings. The van der Waals surface area contributed by atoms with Crippen molar-refractivity contribution in [3.05, 3.63) is 59.2 Å². The van der Waals surface area contributed by atoms with Crippen LogP contribution in [-0.2, 0) is 4.79 Å². The third-order valence-corrected chi connectivity index (χ3v) is 3.53. The van der Waals surface area contributed by atoms with Crippen molar-refractivity contribution in [1.29, 1.82) is 5.26 Å². The molecule has 1 amide bonds. The lowest BCUT2D eigenvalue weighted by Gasteiger charge is -2.14. The molecule has 2 rings (SSSR count). The smallest absolute Gasteiger partial charge is 0.276 e. The van der Waals surface area contributed by atoms with Gasteiger partial charge in [-0.25, -0.2) is 0 Å². The van der Waals surface area contributed by atoms with Crippen LogP contribution in [0.2, 0.25) is 0 Å². The summed E-state index contributed by atoms with van der Waals surface area (Å²) in [6, 6.07) is 14.7. The van der Waals surface area contributed by atoms with Crippen LogP contribution in [0.3, 0.4) is 0 Å². The maximum Gasteiger partial charge on any atom is 0.276 e. The monoisotopic (exact) mass is 354 g/mol. The molecule has 0 aliphatic heterocycles. The number of nitrogens with zero attached hydrogens (tertiary/aromatic N) is 1. The number of thiocarbonyl (C=S) groups is 1. The van der Waals surface area contributed by atoms with E-state index in [4.69, 9.17) is 22.2 Å². The Balaban J connectivity index is 1.80. The maximum absolute atomic E-state index is 11.8. The third kappa shape index (κ3) is 5.48. The van der Waals surface area contributed by atoms with Crippen LogP contribution in [0.25, 0.3) is 0 Å². The number of rotatable bonds is 4. The Morgan fingerprint density at radius 2 is 1.96 bits per heavy atom. The van der Waals surface area contributed by atoms with E-state index >= 15 is 0 Å². The van der Waals surface area contributed by atoms with Gasteiger partial charge >= 0.3 is 0 Å². The Morgan fingerprint density at radius 3 is 2.72 bits per heavy atom. The van der Waals surface area contributed by atoms with Crippen molar-refractivity contribution < 1.29 is 9.53 Å². The Bertz CT molecular complexity index is 830. The van der Waals surface area contributed by atoms with Gasteiger partial charge in [0.1, 0.15) is 11.8 Å². The Kier molecular flexibility index (Phi) is 6.32. The van der Waals surface area contributed by atoms with Gasteiger partial charge in [-0.2, -0.15) is 5.26 Å². The third-order valence-electron chi connectivity index (χ3n) is 3.32. The molecule has 0 unspecified atom stereocenters. The van der Waals surface area contributed by atoms with Gasteiger partial charge in [-0.3, -0.25) is 15.6 Å². The normalized spacial score (nSPS) is 9.64. The molecule has 0 heterocycles. The van der Waals surface area contributed by atoms with E-state index in [9.17, 15) is 4.79 Å². The van der Waals surface area contributed by atoms with E-state index in [1.54, 1.807) is 24.3 Å². The highest BCUT2D eigenvalue weighted by Gasteiger charge is 2.07. The Hall–Kier alpha value is -3.11. The minimum Gasteiger partial charge on any atom is -0.482 e. The molecule has 128 valence electrons. The number of nitriles is 1. The van der Waals surface area contributed by atoms with Crippen LogP contribution >= 0.6 is 12.2 Å². The standard InChI is InChI=1S/C18H18N4O2S/c1-12-7-8-13(2)15(9-12)20-18(25)22-21-17(23)11-24-16-6-4-3-5-14(16)10-19/h3-9H,11H2,1-2H3,(H,21,23)(H2,20,22,25). The van der Waals surface area contributed by atoms with Crippen molar-refractivity contribution in [2.45, 2.75) is 13.8 Å². The summed E-state index contributed by atoms with van der Waals surface area (Å²) in [5, 5.41) is 12.3. The quantitative estimate of drug-likeness (QED) is 0.578. The number of carbonyl (C=O) groups excluding carboxylic acids is 1. The maximum atomic E-state index is 11.8. The van der Waals surface area contributed by atoms with Crippen LogP contribution in [0.5, 0.6) is 5.75 Å². The van der Waals surface area contributed by atoms with Crippen molar-refractivity contribution >= 4 is 28.9 Å². The number of hydrogen-bond acceptors (Lipinski definition) is 4. The topological polar surface area (TPSA) is 86.2 Å². The molecule has 0 spiro atoms. The number of para-hydroxylation sites is 1. The summed E-state index contributed by atoms with van der Waals surface area (Å²) < 4.78 is 5.34. The summed E-state index contributed by atoms with van der Waals surface area (Å²) in [5.41, 5.74) is 8.44. The Labute approximate surface area is 151 Å². The predicted octanol–water partition coefficient (Wildman–Crippen LogP) is 2.57. The van der Waals surface area contributed by atoms with Gasteiger partial charge in [0.05, 0.1) is 5.56 Å². The first-order chi connectivity index (χ1) is 12.0. The van der Waals surface area contributed by atoms with Gasteiger partial charge in [-0.1, -0.05) is 24.3 Å². The zero-order chi connectivity index (χ0) is 18.2. The van der Waals surface area contributed by atoms with E-state index in [0.717, 1.165) is 16.8 Å². The summed E-state index contributed by atoms with van der Waals surface area (Å²) >= 11 is 5.15. The fraction of sp³-hybridized carbons (Fsp3) is 0.167. The lowest BCUT2D eigenvalue weighted by atomic mass is 10.1. The highest BCUT2D eigenvalue weighted by atomic mass is 32.1. The fourth-order valence-corrected chi connectivity index (χ4v) is 2.18. The molecule has 0 saturated heterocycles. The molecular weight excluding hydrogens is 336 g/mol. The van der Waals surface area contributed by atoms with E-state index in [2.05, 4.69) is 16.2 Å². The first-order valence-corrected chi connectivity index (χ1v) is 7.95. The van der Waals surface area contributed by atoms with Gasteiger partial charge < -0.3 is 10.1 Å². The molecule has 6 nitrogen and oxygen atoms in total. The van der Waals surface area contributed by atoms with E-state index in [1.165, 1.54) is 0 Å². The number of aryl methyl sites for hydroxylation is 2. The first-order valence-electron chi connectivity index (χ1n) is 7.54. The molecule has 7 heteroatoms. The molecule has 0 saturated carbocycles.